The Morgan fingerprint density at radius 2 is 2.00 bits per heavy atom. The summed E-state index contributed by atoms with van der Waals surface area (Å²) in [5.74, 6) is -2.23. The number of nitrogens with two attached hydrogens (primary N) is 1. The molecule has 0 fully saturated rings. The average molecular weight is 292 g/mol. The highest BCUT2D eigenvalue weighted by Gasteiger charge is 2.23. The molecule has 0 radical (unpaired) electrons. The molecule has 0 saturated carbocycles. The fourth-order valence-electron chi connectivity index (χ4n) is 1.65. The van der Waals surface area contributed by atoms with Gasteiger partial charge in [-0.2, -0.15) is 0 Å². The molecule has 0 heterocycles. The molecule has 0 aliphatic rings. The SMILES string of the molecule is CCCCC(C)NS(=O)(=O)c1ccc(F)c(N)c1F. The lowest BCUT2D eigenvalue weighted by Gasteiger charge is -2.14. The Kier molecular flexibility index (Phi) is 5.25. The molecule has 7 heteroatoms. The number of nitrogens with one attached hydrogen (secondary N) is 1. The van der Waals surface area contributed by atoms with Crippen LogP contribution in [-0.4, -0.2) is 14.5 Å². The average Bonchev–Trinajstić information content (AvgIpc) is 2.32. The number of rotatable bonds is 6. The minimum absolute atomic E-state index is 0.323. The van der Waals surface area contributed by atoms with E-state index in [9.17, 15) is 17.2 Å². The number of benzene rings is 1. The van der Waals surface area contributed by atoms with Crippen molar-refractivity contribution >= 4 is 15.7 Å². The summed E-state index contributed by atoms with van der Waals surface area (Å²) in [4.78, 5) is -0.630. The first kappa shape index (κ1) is 15.8. The van der Waals surface area contributed by atoms with Crippen LogP contribution in [0.4, 0.5) is 14.5 Å². The second-order valence-corrected chi connectivity index (χ2v) is 6.12. The van der Waals surface area contributed by atoms with Crippen molar-refractivity contribution in [3.05, 3.63) is 23.8 Å². The van der Waals surface area contributed by atoms with Gasteiger partial charge in [-0.05, 0) is 25.5 Å². The molecule has 1 rings (SSSR count). The zero-order valence-electron chi connectivity index (χ0n) is 10.9. The largest absolute Gasteiger partial charge is 0.394 e. The van der Waals surface area contributed by atoms with E-state index in [4.69, 9.17) is 5.73 Å². The molecule has 0 spiro atoms. The topological polar surface area (TPSA) is 72.2 Å². The smallest absolute Gasteiger partial charge is 0.243 e. The van der Waals surface area contributed by atoms with Crippen LogP contribution in [0.25, 0.3) is 0 Å². The molecule has 4 nitrogen and oxygen atoms in total. The molecule has 108 valence electrons. The number of sulfonamides is 1. The van der Waals surface area contributed by atoms with Gasteiger partial charge in [0.15, 0.2) is 5.82 Å². The summed E-state index contributed by atoms with van der Waals surface area (Å²) in [6, 6.07) is 1.38. The molecule has 1 aromatic rings. The quantitative estimate of drug-likeness (QED) is 0.791. The summed E-state index contributed by atoms with van der Waals surface area (Å²) in [6.45, 7) is 3.68. The van der Waals surface area contributed by atoms with Crippen LogP contribution in [0, 0.1) is 11.6 Å². The van der Waals surface area contributed by atoms with Gasteiger partial charge in [0.05, 0.1) is 0 Å². The van der Waals surface area contributed by atoms with Crippen LogP contribution in [0.2, 0.25) is 0 Å². The van der Waals surface area contributed by atoms with Gasteiger partial charge in [0.25, 0.3) is 0 Å². The van der Waals surface area contributed by atoms with Gasteiger partial charge in [0, 0.05) is 6.04 Å². The molecule has 0 aliphatic carbocycles. The molecular formula is C12H18F2N2O2S. The van der Waals surface area contributed by atoms with Gasteiger partial charge in [0.2, 0.25) is 10.0 Å². The third-order valence-corrected chi connectivity index (χ3v) is 4.33. The molecule has 1 atom stereocenters. The number of hydrogen-bond acceptors (Lipinski definition) is 3. The number of hydrogen-bond donors (Lipinski definition) is 2. The highest BCUT2D eigenvalue weighted by molar-refractivity contribution is 7.89. The second-order valence-electron chi connectivity index (χ2n) is 4.44. The molecule has 3 N–H and O–H groups in total. The summed E-state index contributed by atoms with van der Waals surface area (Å²) in [5, 5.41) is 0. The van der Waals surface area contributed by atoms with E-state index in [2.05, 4.69) is 4.72 Å². The molecule has 0 saturated heterocycles. The lowest BCUT2D eigenvalue weighted by molar-refractivity contribution is 0.522. The predicted octanol–water partition coefficient (Wildman–Crippen LogP) is 2.40. The molecule has 1 unspecified atom stereocenters. The second kappa shape index (κ2) is 6.29. The number of halogens is 2. The molecule has 0 aliphatic heterocycles. The third kappa shape index (κ3) is 3.87. The molecule has 19 heavy (non-hydrogen) atoms. The van der Waals surface area contributed by atoms with Crippen LogP contribution in [0.5, 0.6) is 0 Å². The Morgan fingerprint density at radius 1 is 1.37 bits per heavy atom. The molecule has 0 amide bonds. The highest BCUT2D eigenvalue weighted by Crippen LogP contribution is 2.23. The third-order valence-electron chi connectivity index (χ3n) is 2.73. The van der Waals surface area contributed by atoms with Gasteiger partial charge in [-0.25, -0.2) is 21.9 Å². The Hall–Kier alpha value is -1.21. The molecular weight excluding hydrogens is 274 g/mol. The Labute approximate surface area is 112 Å². The first-order chi connectivity index (χ1) is 8.79. The van der Waals surface area contributed by atoms with E-state index in [1.807, 2.05) is 6.92 Å². The van der Waals surface area contributed by atoms with Gasteiger partial charge in [-0.15, -0.1) is 0 Å². The summed E-state index contributed by atoms with van der Waals surface area (Å²) in [6.07, 6.45) is 2.44. The van der Waals surface area contributed by atoms with Crippen molar-refractivity contribution in [3.63, 3.8) is 0 Å². The monoisotopic (exact) mass is 292 g/mol. The summed E-state index contributed by atoms with van der Waals surface area (Å²) in [5.41, 5.74) is 4.36. The van der Waals surface area contributed by atoms with E-state index >= 15 is 0 Å². The highest BCUT2D eigenvalue weighted by atomic mass is 32.2. The maximum Gasteiger partial charge on any atom is 0.243 e. The summed E-state index contributed by atoms with van der Waals surface area (Å²) in [7, 11) is -4.03. The first-order valence-electron chi connectivity index (χ1n) is 6.05. The number of unbranched alkanes of at least 4 members (excludes halogenated alkanes) is 1. The number of nitrogen functional groups attached to an aromatic ring is 1. The van der Waals surface area contributed by atoms with Crippen LogP contribution in [0.15, 0.2) is 17.0 Å². The van der Waals surface area contributed by atoms with Crippen molar-refractivity contribution in [2.75, 3.05) is 5.73 Å². The van der Waals surface area contributed by atoms with E-state index in [0.29, 0.717) is 6.42 Å². The maximum atomic E-state index is 13.7. The van der Waals surface area contributed by atoms with E-state index in [1.165, 1.54) is 0 Å². The first-order valence-corrected chi connectivity index (χ1v) is 7.53. The van der Waals surface area contributed by atoms with Crippen molar-refractivity contribution in [1.82, 2.24) is 4.72 Å². The van der Waals surface area contributed by atoms with Gasteiger partial charge in [-0.3, -0.25) is 0 Å². The van der Waals surface area contributed by atoms with Crippen LogP contribution in [0.1, 0.15) is 33.1 Å². The van der Waals surface area contributed by atoms with Gasteiger partial charge >= 0.3 is 0 Å². The normalized spacial score (nSPS) is 13.5. The zero-order chi connectivity index (χ0) is 14.6. The Bertz CT molecular complexity index is 547. The van der Waals surface area contributed by atoms with Crippen molar-refractivity contribution in [1.29, 1.82) is 0 Å². The lowest BCUT2D eigenvalue weighted by Crippen LogP contribution is -2.33. The predicted molar refractivity (Wildman–Crippen MR) is 70.1 cm³/mol. The van der Waals surface area contributed by atoms with Gasteiger partial charge < -0.3 is 5.73 Å². The van der Waals surface area contributed by atoms with Gasteiger partial charge in [-0.1, -0.05) is 19.8 Å². The van der Waals surface area contributed by atoms with Crippen LogP contribution in [0.3, 0.4) is 0 Å². The fourth-order valence-corrected chi connectivity index (χ4v) is 3.02. The minimum Gasteiger partial charge on any atom is -0.394 e. The molecule has 0 aromatic heterocycles. The maximum absolute atomic E-state index is 13.7. The van der Waals surface area contributed by atoms with Crippen molar-refractivity contribution in [2.24, 2.45) is 0 Å². The van der Waals surface area contributed by atoms with Crippen LogP contribution >= 0.6 is 0 Å². The molecule has 0 bridgehead atoms. The number of anilines is 1. The van der Waals surface area contributed by atoms with E-state index in [-0.39, 0.29) is 6.04 Å². The Morgan fingerprint density at radius 3 is 2.58 bits per heavy atom. The zero-order valence-corrected chi connectivity index (χ0v) is 11.7. The van der Waals surface area contributed by atoms with E-state index in [0.717, 1.165) is 25.0 Å². The van der Waals surface area contributed by atoms with E-state index < -0.39 is 32.2 Å². The Balaban J connectivity index is 2.98. The van der Waals surface area contributed by atoms with Crippen LogP contribution < -0.4 is 10.5 Å². The molecule has 1 aromatic carbocycles. The van der Waals surface area contributed by atoms with Crippen molar-refractivity contribution in [3.8, 4) is 0 Å². The minimum atomic E-state index is -4.03. The fraction of sp³-hybridized carbons (Fsp3) is 0.500. The summed E-state index contributed by atoms with van der Waals surface area (Å²) >= 11 is 0. The van der Waals surface area contributed by atoms with E-state index in [1.54, 1.807) is 6.92 Å². The standard InChI is InChI=1S/C12H18F2N2O2S/c1-3-4-5-8(2)16-19(17,18)10-7-6-9(13)12(15)11(10)14/h6-8,16H,3-5,15H2,1-2H3. The van der Waals surface area contributed by atoms with Gasteiger partial charge in [0.1, 0.15) is 16.4 Å². The van der Waals surface area contributed by atoms with Crippen LogP contribution in [-0.2, 0) is 10.0 Å². The van der Waals surface area contributed by atoms with Crippen molar-refractivity contribution < 1.29 is 17.2 Å². The summed E-state index contributed by atoms with van der Waals surface area (Å²) < 4.78 is 52.9. The lowest BCUT2D eigenvalue weighted by atomic mass is 10.2. The van der Waals surface area contributed by atoms with Crippen molar-refractivity contribution in [2.45, 2.75) is 44.0 Å².